The molecule has 13 heteroatoms. The zero-order valence-corrected chi connectivity index (χ0v) is 25.3. The smallest absolute Gasteiger partial charge is 0.383 e. The number of nitrogens with one attached hydrogen (secondary N) is 2. The third-order valence-corrected chi connectivity index (χ3v) is 6.96. The van der Waals surface area contributed by atoms with Gasteiger partial charge < -0.3 is 20.3 Å². The first-order chi connectivity index (χ1) is 20.5. The minimum atomic E-state index is -0.597. The summed E-state index contributed by atoms with van der Waals surface area (Å²) >= 11 is 0. The SMILES string of the molecule is CCN1C=NN(CC)C1(C)N=Nc1ccc(NCCOCCNc2ccc(N=Nc3n(CC)nc[n+]3CC)cc2)cc1. The van der Waals surface area contributed by atoms with E-state index in [1.165, 1.54) is 0 Å². The number of aryl methyl sites for hydroxylation is 2. The van der Waals surface area contributed by atoms with E-state index in [1.54, 1.807) is 6.33 Å². The zero-order chi connectivity index (χ0) is 29.8. The van der Waals surface area contributed by atoms with Crippen LogP contribution in [0, 0.1) is 0 Å². The van der Waals surface area contributed by atoms with E-state index in [-0.39, 0.29) is 0 Å². The lowest BCUT2D eigenvalue weighted by Crippen LogP contribution is -2.49. The van der Waals surface area contributed by atoms with Gasteiger partial charge in [0, 0.05) is 49.6 Å². The first kappa shape index (κ1) is 30.6. The van der Waals surface area contributed by atoms with Crippen LogP contribution in [0.15, 0.2) is 80.4 Å². The molecule has 1 aliphatic rings. The molecule has 0 radical (unpaired) electrons. The van der Waals surface area contributed by atoms with E-state index < -0.39 is 5.79 Å². The van der Waals surface area contributed by atoms with E-state index in [2.05, 4.69) is 67.0 Å². The fourth-order valence-corrected chi connectivity index (χ4v) is 4.48. The second-order valence-corrected chi connectivity index (χ2v) is 9.70. The van der Waals surface area contributed by atoms with E-state index in [1.807, 2.05) is 83.0 Å². The van der Waals surface area contributed by atoms with Crippen molar-refractivity contribution < 1.29 is 9.30 Å². The Morgan fingerprint density at radius 3 is 1.98 bits per heavy atom. The van der Waals surface area contributed by atoms with Gasteiger partial charge in [-0.3, -0.25) is 0 Å². The van der Waals surface area contributed by atoms with Crippen LogP contribution in [0.5, 0.6) is 0 Å². The molecule has 224 valence electrons. The lowest BCUT2D eigenvalue weighted by molar-refractivity contribution is -0.681. The summed E-state index contributed by atoms with van der Waals surface area (Å²) in [6.45, 7) is 16.0. The minimum Gasteiger partial charge on any atom is -0.383 e. The van der Waals surface area contributed by atoms with Gasteiger partial charge in [-0.15, -0.1) is 9.80 Å². The predicted octanol–water partition coefficient (Wildman–Crippen LogP) is 5.52. The molecule has 1 atom stereocenters. The highest BCUT2D eigenvalue weighted by Crippen LogP contribution is 2.28. The summed E-state index contributed by atoms with van der Waals surface area (Å²) < 4.78 is 9.57. The number of ether oxygens (including phenoxy) is 1. The van der Waals surface area contributed by atoms with Crippen LogP contribution in [-0.2, 0) is 17.8 Å². The normalized spacial score (nSPS) is 16.8. The molecular weight excluding hydrogens is 532 g/mol. The number of hydrogen-bond acceptors (Lipinski definition) is 11. The van der Waals surface area contributed by atoms with E-state index in [9.17, 15) is 0 Å². The number of nitrogens with zero attached hydrogens (tertiary/aromatic N) is 10. The molecule has 0 saturated carbocycles. The van der Waals surface area contributed by atoms with Crippen molar-refractivity contribution in [2.45, 2.75) is 53.5 Å². The lowest BCUT2D eigenvalue weighted by Gasteiger charge is -2.35. The standard InChI is InChI=1S/C29H42N12O/c1-6-38-22-32-40(8-3)28(38)36-34-26-14-10-24(11-15-26)30-18-20-42-21-19-31-25-12-16-27(17-13-25)35-37-29(5)39(7-2)23-33-41(29)9-4/h10-17,22-23H,6-9,18-21H2,1-5H3,(H,31,37)/p+1. The zero-order valence-electron chi connectivity index (χ0n) is 25.3. The first-order valence-corrected chi connectivity index (χ1v) is 14.6. The van der Waals surface area contributed by atoms with Crippen LogP contribution >= 0.6 is 0 Å². The average Bonchev–Trinajstić information content (AvgIpc) is 3.58. The highest BCUT2D eigenvalue weighted by molar-refractivity contribution is 5.58. The van der Waals surface area contributed by atoms with Gasteiger partial charge in [0.05, 0.1) is 37.7 Å². The third-order valence-electron chi connectivity index (χ3n) is 6.96. The Kier molecular flexibility index (Phi) is 10.9. The second kappa shape index (κ2) is 15.0. The second-order valence-electron chi connectivity index (χ2n) is 9.70. The molecule has 1 unspecified atom stereocenters. The van der Waals surface area contributed by atoms with E-state index >= 15 is 0 Å². The van der Waals surface area contributed by atoms with Crippen molar-refractivity contribution in [2.24, 2.45) is 25.6 Å². The minimum absolute atomic E-state index is 0.597. The highest BCUT2D eigenvalue weighted by Gasteiger charge is 2.39. The molecule has 0 saturated heterocycles. The summed E-state index contributed by atoms with van der Waals surface area (Å²) in [5.74, 6) is 0.143. The van der Waals surface area contributed by atoms with Gasteiger partial charge in [0.15, 0.2) is 0 Å². The van der Waals surface area contributed by atoms with Crippen molar-refractivity contribution in [2.75, 3.05) is 50.0 Å². The maximum Gasteiger partial charge on any atom is 0.403 e. The van der Waals surface area contributed by atoms with E-state index in [4.69, 9.17) is 4.74 Å². The average molecular weight is 576 g/mol. The molecule has 0 aliphatic carbocycles. The Morgan fingerprint density at radius 1 is 0.810 bits per heavy atom. The topological polar surface area (TPSA) is 123 Å². The molecule has 0 spiro atoms. The number of azo groups is 2. The van der Waals surface area contributed by atoms with Crippen molar-refractivity contribution in [1.29, 1.82) is 0 Å². The number of hydrazone groups is 1. The van der Waals surface area contributed by atoms with Crippen LogP contribution in [0.3, 0.4) is 0 Å². The monoisotopic (exact) mass is 575 g/mol. The fraction of sp³-hybridized carbons (Fsp3) is 0.483. The molecule has 3 aromatic rings. The molecule has 1 aliphatic heterocycles. The molecular formula is C29H43N12O+. The van der Waals surface area contributed by atoms with Gasteiger partial charge >= 0.3 is 5.95 Å². The van der Waals surface area contributed by atoms with Crippen LogP contribution in [0.2, 0.25) is 0 Å². The largest absolute Gasteiger partial charge is 0.403 e. The van der Waals surface area contributed by atoms with Crippen LogP contribution in [0.1, 0.15) is 34.6 Å². The molecule has 13 nitrogen and oxygen atoms in total. The number of benzene rings is 2. The Bertz CT molecular complexity index is 1300. The summed E-state index contributed by atoms with van der Waals surface area (Å²) in [5.41, 5.74) is 3.61. The van der Waals surface area contributed by atoms with Crippen LogP contribution < -0.4 is 15.2 Å². The van der Waals surface area contributed by atoms with Gasteiger partial charge in [0.1, 0.15) is 6.34 Å². The fourth-order valence-electron chi connectivity index (χ4n) is 4.48. The van der Waals surface area contributed by atoms with Crippen molar-refractivity contribution in [3.05, 3.63) is 54.9 Å². The van der Waals surface area contributed by atoms with E-state index in [0.29, 0.717) is 26.3 Å². The molecule has 0 amide bonds. The molecule has 1 aromatic heterocycles. The van der Waals surface area contributed by atoms with Crippen molar-refractivity contribution in [3.8, 4) is 0 Å². The van der Waals surface area contributed by atoms with Gasteiger partial charge in [0.2, 0.25) is 12.1 Å². The molecule has 2 heterocycles. The first-order valence-electron chi connectivity index (χ1n) is 14.6. The molecule has 2 N–H and O–H groups in total. The number of hydrogen-bond donors (Lipinski definition) is 2. The third kappa shape index (κ3) is 7.66. The molecule has 0 fully saturated rings. The van der Waals surface area contributed by atoms with Gasteiger partial charge in [-0.25, -0.2) is 9.58 Å². The number of aromatic nitrogens is 3. The summed E-state index contributed by atoms with van der Waals surface area (Å²) in [5, 5.41) is 35.3. The van der Waals surface area contributed by atoms with Crippen LogP contribution in [0.4, 0.5) is 28.7 Å². The van der Waals surface area contributed by atoms with Gasteiger partial charge in [-0.2, -0.15) is 10.2 Å². The maximum atomic E-state index is 5.77. The van der Waals surface area contributed by atoms with Gasteiger partial charge in [-0.05, 0) is 81.3 Å². The summed E-state index contributed by atoms with van der Waals surface area (Å²) in [6.07, 6.45) is 3.61. The Labute approximate surface area is 248 Å². The predicted molar refractivity (Wildman–Crippen MR) is 165 cm³/mol. The van der Waals surface area contributed by atoms with Crippen LogP contribution in [-0.4, -0.2) is 71.2 Å². The summed E-state index contributed by atoms with van der Waals surface area (Å²) in [7, 11) is 0. The van der Waals surface area contributed by atoms with E-state index in [0.717, 1.165) is 54.9 Å². The van der Waals surface area contributed by atoms with Crippen LogP contribution in [0.25, 0.3) is 0 Å². The van der Waals surface area contributed by atoms with Gasteiger partial charge in [0.25, 0.3) is 0 Å². The Hall–Kier alpha value is -4.39. The maximum absolute atomic E-state index is 5.77. The molecule has 42 heavy (non-hydrogen) atoms. The van der Waals surface area contributed by atoms with Crippen molar-refractivity contribution in [3.63, 3.8) is 0 Å². The number of rotatable bonds is 16. The summed E-state index contributed by atoms with van der Waals surface area (Å²) in [4.78, 5) is 2.07. The Balaban J connectivity index is 1.13. The molecule has 2 aromatic carbocycles. The highest BCUT2D eigenvalue weighted by atomic mass is 16.5. The van der Waals surface area contributed by atoms with Crippen molar-refractivity contribution >= 4 is 35.0 Å². The quantitative estimate of drug-likeness (QED) is 0.132. The number of anilines is 2. The lowest BCUT2D eigenvalue weighted by atomic mass is 10.3. The Morgan fingerprint density at radius 2 is 1.43 bits per heavy atom. The van der Waals surface area contributed by atoms with Crippen molar-refractivity contribution in [1.82, 2.24) is 19.7 Å². The summed E-state index contributed by atoms with van der Waals surface area (Å²) in [6, 6.07) is 15.8. The van der Waals surface area contributed by atoms with Gasteiger partial charge in [-0.1, -0.05) is 5.11 Å². The molecule has 4 rings (SSSR count). The molecule has 0 bridgehead atoms.